The summed E-state index contributed by atoms with van der Waals surface area (Å²) in [6, 6.07) is 12.6. The van der Waals surface area contributed by atoms with Gasteiger partial charge in [-0.3, -0.25) is 9.69 Å². The minimum Gasteiger partial charge on any atom is -0.361 e. The summed E-state index contributed by atoms with van der Waals surface area (Å²) >= 11 is 12.2. The van der Waals surface area contributed by atoms with E-state index >= 15 is 8.78 Å². The summed E-state index contributed by atoms with van der Waals surface area (Å²) in [5.74, 6) is -2.01. The van der Waals surface area contributed by atoms with Gasteiger partial charge in [-0.05, 0) is 42.0 Å². The van der Waals surface area contributed by atoms with Crippen molar-refractivity contribution in [3.8, 4) is 6.07 Å². The molecule has 0 bridgehead atoms. The zero-order valence-corrected chi connectivity index (χ0v) is 23.6. The van der Waals surface area contributed by atoms with Gasteiger partial charge in [-0.15, -0.1) is 0 Å². The van der Waals surface area contributed by atoms with Crippen molar-refractivity contribution in [2.45, 2.75) is 45.0 Å². The van der Waals surface area contributed by atoms with Crippen molar-refractivity contribution < 1.29 is 13.9 Å². The van der Waals surface area contributed by atoms with Crippen LogP contribution in [0.15, 0.2) is 59.5 Å². The Bertz CT molecular complexity index is 1480. The summed E-state index contributed by atoms with van der Waals surface area (Å²) in [6.45, 7) is 6.11. The summed E-state index contributed by atoms with van der Waals surface area (Å²) in [4.78, 5) is 13.7. The van der Waals surface area contributed by atoms with Gasteiger partial charge in [-0.2, -0.15) is 5.26 Å². The number of aryl methyl sites for hydroxylation is 1. The van der Waals surface area contributed by atoms with E-state index in [-0.39, 0.29) is 38.7 Å². The first-order valence-corrected chi connectivity index (χ1v) is 13.2. The number of halogens is 4. The Morgan fingerprint density at radius 2 is 1.92 bits per heavy atom. The first-order valence-electron chi connectivity index (χ1n) is 12.5. The van der Waals surface area contributed by atoms with Gasteiger partial charge in [0, 0.05) is 47.7 Å². The van der Waals surface area contributed by atoms with Crippen molar-refractivity contribution in [3.05, 3.63) is 97.9 Å². The van der Waals surface area contributed by atoms with Gasteiger partial charge in [0.25, 0.3) is 5.56 Å². The number of likely N-dealkylation sites (tertiary alicyclic amines) is 1. The predicted octanol–water partition coefficient (Wildman–Crippen LogP) is 6.23. The number of aromatic nitrogens is 1. The molecule has 39 heavy (non-hydrogen) atoms. The Kier molecular flexibility index (Phi) is 8.11. The molecule has 2 aromatic carbocycles. The van der Waals surface area contributed by atoms with E-state index in [4.69, 9.17) is 23.2 Å². The zero-order chi connectivity index (χ0) is 28.7. The van der Waals surface area contributed by atoms with Crippen LogP contribution in [0.25, 0.3) is 0 Å². The van der Waals surface area contributed by atoms with E-state index in [0.29, 0.717) is 12.1 Å². The molecule has 1 fully saturated rings. The lowest BCUT2D eigenvalue weighted by Gasteiger charge is -2.39. The highest BCUT2D eigenvalue weighted by Crippen LogP contribution is 2.56. The molecule has 206 valence electrons. The number of rotatable bonds is 6. The maximum Gasteiger partial charge on any atom is 0.252 e. The molecule has 1 aromatic heterocycles. The Morgan fingerprint density at radius 3 is 2.54 bits per heavy atom. The van der Waals surface area contributed by atoms with E-state index in [2.05, 4.69) is 11.4 Å². The minimum absolute atomic E-state index is 0.0413. The molecule has 3 aromatic rings. The van der Waals surface area contributed by atoms with Gasteiger partial charge in [0.05, 0.1) is 17.1 Å². The molecule has 4 atom stereocenters. The van der Waals surface area contributed by atoms with Gasteiger partial charge < -0.3 is 15.0 Å². The Morgan fingerprint density at radius 1 is 1.21 bits per heavy atom. The molecule has 1 saturated heterocycles. The molecule has 4 rings (SSSR count). The Labute approximate surface area is 236 Å². The molecule has 10 heteroatoms. The van der Waals surface area contributed by atoms with E-state index in [1.54, 1.807) is 25.4 Å². The van der Waals surface area contributed by atoms with Crippen molar-refractivity contribution in [1.29, 1.82) is 5.26 Å². The number of nitrogens with one attached hydrogen (secondary N) is 1. The largest absolute Gasteiger partial charge is 0.361 e. The molecule has 1 unspecified atom stereocenters. The van der Waals surface area contributed by atoms with Crippen LogP contribution in [0.2, 0.25) is 10.0 Å². The number of pyridine rings is 1. The second kappa shape index (κ2) is 10.9. The van der Waals surface area contributed by atoms with Crippen LogP contribution in [0, 0.1) is 34.3 Å². The second-order valence-corrected chi connectivity index (χ2v) is 12.0. The maximum atomic E-state index is 15.7. The highest BCUT2D eigenvalue weighted by molar-refractivity contribution is 6.31. The predicted molar refractivity (Wildman–Crippen MR) is 148 cm³/mol. The molecular formula is C29H30Cl2F2N4O2. The third-order valence-corrected chi connectivity index (χ3v) is 7.78. The van der Waals surface area contributed by atoms with E-state index in [1.165, 1.54) is 39.8 Å². The van der Waals surface area contributed by atoms with Crippen molar-refractivity contribution in [1.82, 2.24) is 9.47 Å². The summed E-state index contributed by atoms with van der Waals surface area (Å²) < 4.78 is 32.8. The van der Waals surface area contributed by atoms with Crippen LogP contribution in [0.3, 0.4) is 0 Å². The molecule has 2 heterocycles. The van der Waals surface area contributed by atoms with Crippen molar-refractivity contribution in [2.75, 3.05) is 11.9 Å². The highest BCUT2D eigenvalue weighted by atomic mass is 35.5. The van der Waals surface area contributed by atoms with Gasteiger partial charge in [-0.25, -0.2) is 8.78 Å². The molecular weight excluding hydrogens is 545 g/mol. The normalized spacial score (nSPS) is 22.5. The average Bonchev–Trinajstić information content (AvgIpc) is 3.16. The molecule has 0 radical (unpaired) electrons. The molecule has 0 saturated carbocycles. The Balaban J connectivity index is 1.96. The lowest BCUT2D eigenvalue weighted by molar-refractivity contribution is 0.00802. The first kappa shape index (κ1) is 29.0. The molecule has 1 aliphatic rings. The molecule has 1 aliphatic heterocycles. The van der Waals surface area contributed by atoms with Crippen LogP contribution in [0.4, 0.5) is 14.5 Å². The van der Waals surface area contributed by atoms with Crippen LogP contribution < -0.4 is 10.9 Å². The first-order chi connectivity index (χ1) is 18.3. The van der Waals surface area contributed by atoms with Crippen molar-refractivity contribution in [2.24, 2.45) is 18.4 Å². The zero-order valence-electron chi connectivity index (χ0n) is 22.1. The van der Waals surface area contributed by atoms with Crippen LogP contribution in [-0.2, 0) is 12.5 Å². The Hall–Kier alpha value is -2.96. The number of aliphatic hydroxyl groups is 1. The van der Waals surface area contributed by atoms with Gasteiger partial charge in [0.2, 0.25) is 0 Å². The van der Waals surface area contributed by atoms with E-state index < -0.39 is 35.4 Å². The van der Waals surface area contributed by atoms with Crippen LogP contribution in [-0.4, -0.2) is 27.5 Å². The monoisotopic (exact) mass is 574 g/mol. The molecule has 2 N–H and O–H groups in total. The number of benzene rings is 2. The van der Waals surface area contributed by atoms with Crippen molar-refractivity contribution in [3.63, 3.8) is 0 Å². The SMILES string of the molecule is Cn1ccc(NC(O)N2C[C@@H](CC(C)(C)C)[C@](C#N)(c3ccc(Cl)cc3F)[C@H]2c2cccc(Cl)c2F)cc1=O. The molecule has 6 nitrogen and oxygen atoms in total. The van der Waals surface area contributed by atoms with Crippen LogP contribution in [0.1, 0.15) is 44.4 Å². The third-order valence-electron chi connectivity index (χ3n) is 7.25. The fourth-order valence-corrected chi connectivity index (χ4v) is 5.97. The third kappa shape index (κ3) is 5.55. The quantitative estimate of drug-likeness (QED) is 0.341. The van der Waals surface area contributed by atoms with E-state index in [1.807, 2.05) is 20.8 Å². The molecule has 0 spiro atoms. The summed E-state index contributed by atoms with van der Waals surface area (Å²) in [5, 5.41) is 25.3. The van der Waals surface area contributed by atoms with Gasteiger partial charge >= 0.3 is 0 Å². The fourth-order valence-electron chi connectivity index (χ4n) is 5.63. The number of anilines is 1. The summed E-state index contributed by atoms with van der Waals surface area (Å²) in [6.07, 6.45) is 0.533. The van der Waals surface area contributed by atoms with Gasteiger partial charge in [0.1, 0.15) is 17.0 Å². The fraction of sp³-hybridized carbons (Fsp3) is 0.379. The maximum absolute atomic E-state index is 15.7. The highest BCUT2D eigenvalue weighted by Gasteiger charge is 2.60. The number of aliphatic hydroxyl groups excluding tert-OH is 1. The van der Waals surface area contributed by atoms with Crippen molar-refractivity contribution >= 4 is 28.9 Å². The summed E-state index contributed by atoms with van der Waals surface area (Å²) in [5.41, 5.74) is -1.81. The smallest absolute Gasteiger partial charge is 0.252 e. The molecule has 0 aliphatic carbocycles. The summed E-state index contributed by atoms with van der Waals surface area (Å²) in [7, 11) is 1.60. The second-order valence-electron chi connectivity index (χ2n) is 11.2. The lowest BCUT2D eigenvalue weighted by atomic mass is 9.63. The molecule has 0 amide bonds. The van der Waals surface area contributed by atoms with E-state index in [0.717, 1.165) is 6.07 Å². The van der Waals surface area contributed by atoms with Crippen LogP contribution >= 0.6 is 23.2 Å². The number of hydrogen-bond donors (Lipinski definition) is 2. The number of nitrogens with zero attached hydrogens (tertiary/aromatic N) is 3. The van der Waals surface area contributed by atoms with Gasteiger partial charge in [-0.1, -0.05) is 62.2 Å². The minimum atomic E-state index is -1.64. The average molecular weight is 575 g/mol. The van der Waals surface area contributed by atoms with Gasteiger partial charge in [0.15, 0.2) is 6.35 Å². The number of nitriles is 1. The van der Waals surface area contributed by atoms with E-state index in [9.17, 15) is 15.2 Å². The lowest BCUT2D eigenvalue weighted by Crippen LogP contribution is -2.45. The standard InChI is InChI=1S/C29H30Cl2F2N4O2/c1-28(2,3)14-17-15-37(27(39)35-19-10-11-36(4)24(38)13-19)26(20-6-5-7-22(31)25(20)33)29(17,16-34)21-9-8-18(30)12-23(21)32/h5-13,17,26-27,35,39H,14-15H2,1-4H3/t17-,26-,27?,29-/m1/s1. The van der Waals surface area contributed by atoms with Crippen LogP contribution in [0.5, 0.6) is 0 Å². The number of hydrogen-bond acceptors (Lipinski definition) is 5. The topological polar surface area (TPSA) is 81.3 Å².